The molecule has 0 aliphatic carbocycles. The maximum absolute atomic E-state index is 11.3. The number of rotatable bonds is 3. The van der Waals surface area contributed by atoms with Gasteiger partial charge < -0.3 is 4.74 Å². The topological polar surface area (TPSA) is 69.9 Å². The number of nitrogens with zero attached hydrogens (tertiary/aromatic N) is 4. The van der Waals surface area contributed by atoms with Gasteiger partial charge in [0.05, 0.1) is 6.20 Å². The van der Waals surface area contributed by atoms with Crippen LogP contribution in [0.15, 0.2) is 18.3 Å². The molecule has 0 amide bonds. The Morgan fingerprint density at radius 2 is 2.11 bits per heavy atom. The molecule has 0 aliphatic heterocycles. The van der Waals surface area contributed by atoms with E-state index >= 15 is 0 Å². The van der Waals surface area contributed by atoms with E-state index in [1.807, 2.05) is 26.0 Å². The fourth-order valence-corrected chi connectivity index (χ4v) is 1.96. The molecule has 2 aromatic heterocycles. The van der Waals surface area contributed by atoms with Crippen LogP contribution in [-0.2, 0) is 16.6 Å². The number of ether oxygens (including phenoxy) is 1. The first kappa shape index (κ1) is 13.2. The molecule has 0 fully saturated rings. The Morgan fingerprint density at radius 3 is 2.63 bits per heavy atom. The quantitative estimate of drug-likeness (QED) is 0.782. The van der Waals surface area contributed by atoms with E-state index in [4.69, 9.17) is 4.74 Å². The van der Waals surface area contributed by atoms with Gasteiger partial charge in [-0.2, -0.15) is 0 Å². The summed E-state index contributed by atoms with van der Waals surface area (Å²) in [5.74, 6) is -0.355. The van der Waals surface area contributed by atoms with Crippen LogP contribution in [0.25, 0.3) is 0 Å². The first-order valence-electron chi connectivity index (χ1n) is 5.95. The Kier molecular flexibility index (Phi) is 3.59. The second-order valence-corrected chi connectivity index (χ2v) is 4.40. The van der Waals surface area contributed by atoms with E-state index in [1.165, 1.54) is 6.92 Å². The maximum Gasteiger partial charge on any atom is 0.303 e. The van der Waals surface area contributed by atoms with Gasteiger partial charge in [-0.15, -0.1) is 5.10 Å². The molecule has 0 spiro atoms. The van der Waals surface area contributed by atoms with Crippen LogP contribution in [-0.4, -0.2) is 25.9 Å². The summed E-state index contributed by atoms with van der Waals surface area (Å²) < 4.78 is 6.99. The summed E-state index contributed by atoms with van der Waals surface area (Å²) in [6.45, 7) is 5.19. The molecule has 0 radical (unpaired) electrons. The SMILES string of the molecule is CC(=O)OC(c1ccc(C)nc1C)c1cnnn1C. The van der Waals surface area contributed by atoms with Gasteiger partial charge >= 0.3 is 5.97 Å². The minimum Gasteiger partial charge on any atom is -0.451 e. The lowest BCUT2D eigenvalue weighted by molar-refractivity contribution is -0.145. The van der Waals surface area contributed by atoms with Crippen molar-refractivity contribution < 1.29 is 9.53 Å². The average molecular weight is 260 g/mol. The molecule has 19 heavy (non-hydrogen) atoms. The van der Waals surface area contributed by atoms with E-state index in [-0.39, 0.29) is 5.97 Å². The van der Waals surface area contributed by atoms with Crippen LogP contribution < -0.4 is 0 Å². The van der Waals surface area contributed by atoms with E-state index in [1.54, 1.807) is 17.9 Å². The minimum atomic E-state index is -0.536. The summed E-state index contributed by atoms with van der Waals surface area (Å²) in [4.78, 5) is 15.7. The van der Waals surface area contributed by atoms with Crippen molar-refractivity contribution in [2.75, 3.05) is 0 Å². The standard InChI is InChI=1S/C13H16N4O2/c1-8-5-6-11(9(2)15-8)13(19-10(3)18)12-7-14-16-17(12)4/h5-7,13H,1-4H3. The van der Waals surface area contributed by atoms with Gasteiger partial charge in [-0.1, -0.05) is 11.3 Å². The second kappa shape index (κ2) is 5.17. The van der Waals surface area contributed by atoms with Gasteiger partial charge in [0, 0.05) is 30.9 Å². The lowest BCUT2D eigenvalue weighted by atomic mass is 10.0. The zero-order valence-electron chi connectivity index (χ0n) is 11.4. The number of hydrogen-bond acceptors (Lipinski definition) is 5. The molecule has 0 N–H and O–H groups in total. The maximum atomic E-state index is 11.3. The summed E-state index contributed by atoms with van der Waals surface area (Å²) >= 11 is 0. The monoisotopic (exact) mass is 260 g/mol. The molecule has 0 aliphatic rings. The Morgan fingerprint density at radius 1 is 1.37 bits per heavy atom. The Hall–Kier alpha value is -2.24. The number of aryl methyl sites for hydroxylation is 3. The minimum absolute atomic E-state index is 0.355. The molecule has 0 saturated carbocycles. The number of carbonyl (C=O) groups is 1. The van der Waals surface area contributed by atoms with E-state index in [0.717, 1.165) is 17.0 Å². The van der Waals surface area contributed by atoms with Crippen LogP contribution in [0.3, 0.4) is 0 Å². The predicted molar refractivity (Wildman–Crippen MR) is 68.3 cm³/mol. The molecule has 0 saturated heterocycles. The third-order valence-corrected chi connectivity index (χ3v) is 2.85. The summed E-state index contributed by atoms with van der Waals surface area (Å²) in [5.41, 5.74) is 3.30. The molecule has 2 rings (SSSR count). The van der Waals surface area contributed by atoms with Crippen molar-refractivity contribution in [1.82, 2.24) is 20.0 Å². The molecule has 100 valence electrons. The van der Waals surface area contributed by atoms with Crippen LogP contribution in [0.4, 0.5) is 0 Å². The normalized spacial score (nSPS) is 12.2. The third kappa shape index (κ3) is 2.78. The van der Waals surface area contributed by atoms with Gasteiger partial charge in [-0.05, 0) is 19.9 Å². The van der Waals surface area contributed by atoms with E-state index in [2.05, 4.69) is 15.3 Å². The average Bonchev–Trinajstić information content (AvgIpc) is 2.73. The molecule has 6 heteroatoms. The van der Waals surface area contributed by atoms with Crippen LogP contribution in [0.1, 0.15) is 35.7 Å². The summed E-state index contributed by atoms with van der Waals surface area (Å²) in [7, 11) is 1.76. The fourth-order valence-electron chi connectivity index (χ4n) is 1.96. The summed E-state index contributed by atoms with van der Waals surface area (Å²) in [6, 6.07) is 3.81. The zero-order chi connectivity index (χ0) is 14.0. The van der Waals surface area contributed by atoms with Crippen molar-refractivity contribution in [3.8, 4) is 0 Å². The Labute approximate surface area is 111 Å². The number of hydrogen-bond donors (Lipinski definition) is 0. The predicted octanol–water partition coefficient (Wildman–Crippen LogP) is 1.48. The van der Waals surface area contributed by atoms with E-state index in [0.29, 0.717) is 5.69 Å². The van der Waals surface area contributed by atoms with Crippen molar-refractivity contribution in [3.63, 3.8) is 0 Å². The van der Waals surface area contributed by atoms with Crippen molar-refractivity contribution in [3.05, 3.63) is 41.0 Å². The third-order valence-electron chi connectivity index (χ3n) is 2.85. The number of esters is 1. The lowest BCUT2D eigenvalue weighted by Gasteiger charge is -2.18. The van der Waals surface area contributed by atoms with Crippen molar-refractivity contribution >= 4 is 5.97 Å². The highest BCUT2D eigenvalue weighted by Gasteiger charge is 2.23. The van der Waals surface area contributed by atoms with Crippen molar-refractivity contribution in [1.29, 1.82) is 0 Å². The molecule has 6 nitrogen and oxygen atoms in total. The molecule has 1 unspecified atom stereocenters. The van der Waals surface area contributed by atoms with Gasteiger partial charge in [0.2, 0.25) is 0 Å². The summed E-state index contributed by atoms with van der Waals surface area (Å²) in [6.07, 6.45) is 1.05. The highest BCUT2D eigenvalue weighted by molar-refractivity contribution is 5.66. The lowest BCUT2D eigenvalue weighted by Crippen LogP contribution is -2.15. The van der Waals surface area contributed by atoms with Crippen LogP contribution in [0.5, 0.6) is 0 Å². The number of aromatic nitrogens is 4. The van der Waals surface area contributed by atoms with Gasteiger partial charge in [-0.3, -0.25) is 9.78 Å². The molecular formula is C13H16N4O2. The fraction of sp³-hybridized carbons (Fsp3) is 0.385. The van der Waals surface area contributed by atoms with Gasteiger partial charge in [-0.25, -0.2) is 4.68 Å². The first-order chi connectivity index (χ1) is 8.99. The zero-order valence-corrected chi connectivity index (χ0v) is 11.4. The van der Waals surface area contributed by atoms with Crippen molar-refractivity contribution in [2.24, 2.45) is 7.05 Å². The van der Waals surface area contributed by atoms with Crippen LogP contribution in [0, 0.1) is 13.8 Å². The molecule has 0 aromatic carbocycles. The molecule has 0 bridgehead atoms. The molecule has 2 heterocycles. The Balaban J connectivity index is 2.49. The van der Waals surface area contributed by atoms with Crippen LogP contribution in [0.2, 0.25) is 0 Å². The molecular weight excluding hydrogens is 244 g/mol. The number of carbonyl (C=O) groups excluding carboxylic acids is 1. The van der Waals surface area contributed by atoms with E-state index < -0.39 is 6.10 Å². The summed E-state index contributed by atoms with van der Waals surface area (Å²) in [5, 5.41) is 7.70. The molecule has 2 aromatic rings. The van der Waals surface area contributed by atoms with Gasteiger partial charge in [0.1, 0.15) is 5.69 Å². The highest BCUT2D eigenvalue weighted by atomic mass is 16.5. The van der Waals surface area contributed by atoms with Crippen molar-refractivity contribution in [2.45, 2.75) is 26.9 Å². The number of pyridine rings is 1. The second-order valence-electron chi connectivity index (χ2n) is 4.40. The van der Waals surface area contributed by atoms with E-state index in [9.17, 15) is 4.79 Å². The largest absolute Gasteiger partial charge is 0.451 e. The van der Waals surface area contributed by atoms with Gasteiger partial charge in [0.15, 0.2) is 6.10 Å². The smallest absolute Gasteiger partial charge is 0.303 e. The van der Waals surface area contributed by atoms with Crippen LogP contribution >= 0.6 is 0 Å². The Bertz CT molecular complexity index is 606. The van der Waals surface area contributed by atoms with Gasteiger partial charge in [0.25, 0.3) is 0 Å². The first-order valence-corrected chi connectivity index (χ1v) is 5.95. The highest BCUT2D eigenvalue weighted by Crippen LogP contribution is 2.27. The molecule has 1 atom stereocenters.